The van der Waals surface area contributed by atoms with Crippen molar-refractivity contribution in [3.63, 3.8) is 0 Å². The lowest BCUT2D eigenvalue weighted by atomic mass is 9.97. The van der Waals surface area contributed by atoms with Crippen molar-refractivity contribution in [3.05, 3.63) is 59.7 Å². The van der Waals surface area contributed by atoms with Crippen LogP contribution >= 0.6 is 0 Å². The maximum Gasteiger partial charge on any atom is 0.220 e. The first-order chi connectivity index (χ1) is 14.2. The number of amides is 1. The second-order valence-corrected chi connectivity index (χ2v) is 7.72. The van der Waals surface area contributed by atoms with Crippen LogP contribution < -0.4 is 14.8 Å². The van der Waals surface area contributed by atoms with E-state index in [0.29, 0.717) is 30.3 Å². The molecule has 0 saturated carbocycles. The highest BCUT2D eigenvalue weighted by molar-refractivity contribution is 5.76. The fourth-order valence-corrected chi connectivity index (χ4v) is 3.94. The van der Waals surface area contributed by atoms with E-state index >= 15 is 0 Å². The Hall–Kier alpha value is -2.53. The zero-order valence-corrected chi connectivity index (χ0v) is 17.5. The van der Waals surface area contributed by atoms with Gasteiger partial charge in [0, 0.05) is 26.1 Å². The summed E-state index contributed by atoms with van der Waals surface area (Å²) in [5, 5.41) is 3.14. The molecule has 1 amide bonds. The number of hydrogen-bond donors (Lipinski definition) is 1. The number of carbonyl (C=O) groups excluding carboxylic acids is 1. The number of ether oxygens (including phenoxy) is 2. The summed E-state index contributed by atoms with van der Waals surface area (Å²) in [6.45, 7) is 3.93. The van der Waals surface area contributed by atoms with Crippen molar-refractivity contribution in [2.75, 3.05) is 33.9 Å². The van der Waals surface area contributed by atoms with E-state index in [4.69, 9.17) is 9.47 Å². The van der Waals surface area contributed by atoms with Crippen LogP contribution in [0, 0.1) is 5.92 Å². The number of benzene rings is 2. The Morgan fingerprint density at radius 2 is 1.86 bits per heavy atom. The molecule has 2 aromatic rings. The molecule has 1 saturated heterocycles. The second kappa shape index (κ2) is 10.9. The predicted octanol–water partition coefficient (Wildman–Crippen LogP) is 3.66. The van der Waals surface area contributed by atoms with Gasteiger partial charge in [-0.25, -0.2) is 0 Å². The van der Waals surface area contributed by atoms with Crippen molar-refractivity contribution in [1.29, 1.82) is 0 Å². The molecule has 1 unspecified atom stereocenters. The van der Waals surface area contributed by atoms with E-state index in [1.54, 1.807) is 14.2 Å². The lowest BCUT2D eigenvalue weighted by molar-refractivity contribution is -0.121. The lowest BCUT2D eigenvalue weighted by Crippen LogP contribution is -2.40. The quantitative estimate of drug-likeness (QED) is 0.703. The van der Waals surface area contributed by atoms with E-state index in [2.05, 4.69) is 40.5 Å². The fourth-order valence-electron chi connectivity index (χ4n) is 3.94. The highest BCUT2D eigenvalue weighted by Crippen LogP contribution is 2.28. The number of hydrogen-bond acceptors (Lipinski definition) is 4. The molecule has 0 spiro atoms. The Balaban J connectivity index is 1.41. The Morgan fingerprint density at radius 1 is 1.07 bits per heavy atom. The van der Waals surface area contributed by atoms with Gasteiger partial charge < -0.3 is 14.8 Å². The molecule has 1 fully saturated rings. The van der Waals surface area contributed by atoms with Crippen molar-refractivity contribution in [2.45, 2.75) is 32.2 Å². The Bertz CT molecular complexity index is 779. The topological polar surface area (TPSA) is 50.8 Å². The number of methoxy groups -OCH3 is 2. The predicted molar refractivity (Wildman–Crippen MR) is 115 cm³/mol. The van der Waals surface area contributed by atoms with Gasteiger partial charge in [0.1, 0.15) is 0 Å². The van der Waals surface area contributed by atoms with Crippen molar-refractivity contribution >= 4 is 5.91 Å². The molecular formula is C24H32N2O3. The van der Waals surface area contributed by atoms with E-state index in [1.165, 1.54) is 18.4 Å². The largest absolute Gasteiger partial charge is 0.493 e. The third-order valence-corrected chi connectivity index (χ3v) is 5.53. The fraction of sp³-hybridized carbons (Fsp3) is 0.458. The molecule has 0 aromatic heterocycles. The van der Waals surface area contributed by atoms with Crippen molar-refractivity contribution in [2.24, 2.45) is 5.92 Å². The number of rotatable bonds is 9. The van der Waals surface area contributed by atoms with Crippen LogP contribution in [0.5, 0.6) is 11.5 Å². The summed E-state index contributed by atoms with van der Waals surface area (Å²) in [7, 11) is 3.25. The molecule has 5 nitrogen and oxygen atoms in total. The van der Waals surface area contributed by atoms with Gasteiger partial charge in [-0.05, 0) is 55.0 Å². The molecule has 5 heteroatoms. The summed E-state index contributed by atoms with van der Waals surface area (Å²) >= 11 is 0. The molecular weight excluding hydrogens is 364 g/mol. The first-order valence-corrected chi connectivity index (χ1v) is 10.4. The minimum absolute atomic E-state index is 0.111. The average Bonchev–Trinajstić information content (AvgIpc) is 2.77. The van der Waals surface area contributed by atoms with Crippen LogP contribution in [0.25, 0.3) is 0 Å². The molecule has 1 heterocycles. The third-order valence-electron chi connectivity index (χ3n) is 5.53. The van der Waals surface area contributed by atoms with Crippen LogP contribution in [0.2, 0.25) is 0 Å². The summed E-state index contributed by atoms with van der Waals surface area (Å²) in [4.78, 5) is 14.8. The normalized spacial score (nSPS) is 17.0. The second-order valence-electron chi connectivity index (χ2n) is 7.72. The molecule has 0 bridgehead atoms. The van der Waals surface area contributed by atoms with Crippen molar-refractivity contribution < 1.29 is 14.3 Å². The van der Waals surface area contributed by atoms with Gasteiger partial charge in [-0.1, -0.05) is 36.4 Å². The van der Waals surface area contributed by atoms with Crippen LogP contribution in [0.1, 0.15) is 30.4 Å². The van der Waals surface area contributed by atoms with E-state index in [9.17, 15) is 4.79 Å². The summed E-state index contributed by atoms with van der Waals surface area (Å²) in [5.74, 6) is 2.04. The molecule has 3 rings (SSSR count). The van der Waals surface area contributed by atoms with E-state index < -0.39 is 0 Å². The number of aryl methyl sites for hydroxylation is 1. The molecule has 156 valence electrons. The monoisotopic (exact) mass is 396 g/mol. The molecule has 0 aliphatic carbocycles. The molecule has 2 aromatic carbocycles. The molecule has 1 atom stereocenters. The van der Waals surface area contributed by atoms with Gasteiger partial charge >= 0.3 is 0 Å². The smallest absolute Gasteiger partial charge is 0.220 e. The Morgan fingerprint density at radius 3 is 2.62 bits per heavy atom. The first kappa shape index (κ1) is 21.2. The first-order valence-electron chi connectivity index (χ1n) is 10.4. The van der Waals surface area contributed by atoms with Crippen LogP contribution in [0.4, 0.5) is 0 Å². The number of likely N-dealkylation sites (tertiary alicyclic amines) is 1. The zero-order chi connectivity index (χ0) is 20.5. The zero-order valence-electron chi connectivity index (χ0n) is 17.5. The number of carbonyl (C=O) groups is 1. The van der Waals surface area contributed by atoms with Crippen molar-refractivity contribution in [3.8, 4) is 11.5 Å². The average molecular weight is 397 g/mol. The van der Waals surface area contributed by atoms with Crippen LogP contribution in [-0.2, 0) is 17.8 Å². The number of nitrogens with one attached hydrogen (secondary N) is 1. The van der Waals surface area contributed by atoms with Crippen molar-refractivity contribution in [1.82, 2.24) is 10.2 Å². The minimum Gasteiger partial charge on any atom is -0.493 e. The number of piperidine rings is 1. The van der Waals surface area contributed by atoms with Gasteiger partial charge in [0.15, 0.2) is 11.5 Å². The minimum atomic E-state index is 0.111. The lowest BCUT2D eigenvalue weighted by Gasteiger charge is -2.32. The van der Waals surface area contributed by atoms with E-state index in [-0.39, 0.29) is 5.91 Å². The molecule has 1 N–H and O–H groups in total. The highest BCUT2D eigenvalue weighted by atomic mass is 16.5. The van der Waals surface area contributed by atoms with Gasteiger partial charge in [-0.15, -0.1) is 0 Å². The summed E-state index contributed by atoms with van der Waals surface area (Å²) in [5.41, 5.74) is 2.43. The van der Waals surface area contributed by atoms with E-state index in [1.807, 2.05) is 18.2 Å². The molecule has 1 aliphatic heterocycles. The van der Waals surface area contributed by atoms with Gasteiger partial charge in [0.25, 0.3) is 0 Å². The van der Waals surface area contributed by atoms with Gasteiger partial charge in [0.05, 0.1) is 14.2 Å². The Kier molecular flexibility index (Phi) is 7.94. The van der Waals surface area contributed by atoms with Crippen LogP contribution in [0.3, 0.4) is 0 Å². The van der Waals surface area contributed by atoms with Gasteiger partial charge in [-0.3, -0.25) is 9.69 Å². The summed E-state index contributed by atoms with van der Waals surface area (Å²) in [6.07, 6.45) is 3.55. The number of nitrogens with zero attached hydrogens (tertiary/aromatic N) is 1. The Labute approximate surface area is 174 Å². The standard InChI is InChI=1S/C24H32N2O3/c1-28-22-12-10-19(15-23(22)29-2)11-13-24(27)25-16-21-9-6-14-26(18-21)17-20-7-4-3-5-8-20/h3-5,7-8,10,12,15,21H,6,9,11,13-14,16-18H2,1-2H3,(H,25,27). The van der Waals surface area contributed by atoms with E-state index in [0.717, 1.165) is 31.7 Å². The molecule has 1 aliphatic rings. The molecule has 0 radical (unpaired) electrons. The third kappa shape index (κ3) is 6.50. The summed E-state index contributed by atoms with van der Waals surface area (Å²) < 4.78 is 10.6. The maximum absolute atomic E-state index is 12.3. The highest BCUT2D eigenvalue weighted by Gasteiger charge is 2.20. The SMILES string of the molecule is COc1ccc(CCC(=O)NCC2CCCN(Cc3ccccc3)C2)cc1OC. The van der Waals surface area contributed by atoms with Gasteiger partial charge in [0.2, 0.25) is 5.91 Å². The van der Waals surface area contributed by atoms with Gasteiger partial charge in [-0.2, -0.15) is 0 Å². The van der Waals surface area contributed by atoms with Crippen LogP contribution in [-0.4, -0.2) is 44.7 Å². The molecule has 29 heavy (non-hydrogen) atoms. The maximum atomic E-state index is 12.3. The summed E-state index contributed by atoms with van der Waals surface area (Å²) in [6, 6.07) is 16.4. The van der Waals surface area contributed by atoms with Crippen LogP contribution in [0.15, 0.2) is 48.5 Å².